The van der Waals surface area contributed by atoms with Crippen LogP contribution in [0.4, 0.5) is 0 Å². The van der Waals surface area contributed by atoms with Crippen LogP contribution in [0.1, 0.15) is 25.3 Å². The highest BCUT2D eigenvalue weighted by molar-refractivity contribution is 6.11. The summed E-state index contributed by atoms with van der Waals surface area (Å²) in [6.07, 6.45) is 10.0. The van der Waals surface area contributed by atoms with Gasteiger partial charge >= 0.3 is 0 Å². The standard InChI is InChI=1S/C35H27N3/c1-3-10-26(11-4-1)37-31-15-8-7-14-28(31)29-22-24(17-19-32(29)37)25-18-20-33-30(23-25)35-34(16-9-21-36-35)38(33)27-12-5-2-6-13-27/h1-3,5-9,12-23,26H,4,10-11H2. The van der Waals surface area contributed by atoms with Crippen molar-refractivity contribution in [1.29, 1.82) is 0 Å². The molecular weight excluding hydrogens is 462 g/mol. The predicted molar refractivity (Wildman–Crippen MR) is 159 cm³/mol. The number of allylic oxidation sites excluding steroid dienone is 2. The van der Waals surface area contributed by atoms with Crippen LogP contribution >= 0.6 is 0 Å². The summed E-state index contributed by atoms with van der Waals surface area (Å²) in [5.74, 6) is 0. The van der Waals surface area contributed by atoms with Crippen LogP contribution in [-0.2, 0) is 0 Å². The molecule has 0 fully saturated rings. The molecule has 4 aromatic carbocycles. The maximum atomic E-state index is 4.81. The molecule has 0 saturated carbocycles. The van der Waals surface area contributed by atoms with Crippen LogP contribution < -0.4 is 0 Å². The van der Waals surface area contributed by atoms with Crippen molar-refractivity contribution in [3.63, 3.8) is 0 Å². The van der Waals surface area contributed by atoms with Crippen molar-refractivity contribution in [2.45, 2.75) is 25.3 Å². The van der Waals surface area contributed by atoms with E-state index in [1.54, 1.807) is 0 Å². The molecule has 3 aromatic heterocycles. The molecule has 1 unspecified atom stereocenters. The fraction of sp³-hybridized carbons (Fsp3) is 0.114. The van der Waals surface area contributed by atoms with E-state index in [0.29, 0.717) is 6.04 Å². The molecule has 0 saturated heterocycles. The average Bonchev–Trinajstić information content (AvgIpc) is 3.50. The summed E-state index contributed by atoms with van der Waals surface area (Å²) >= 11 is 0. The first kappa shape index (κ1) is 21.5. The molecule has 3 heteroatoms. The maximum Gasteiger partial charge on any atom is 0.0963 e. The molecule has 8 rings (SSSR count). The fourth-order valence-electron chi connectivity index (χ4n) is 6.46. The van der Waals surface area contributed by atoms with Gasteiger partial charge in [-0.1, -0.05) is 60.7 Å². The molecule has 38 heavy (non-hydrogen) atoms. The number of fused-ring (bicyclic) bond motifs is 6. The van der Waals surface area contributed by atoms with Crippen molar-refractivity contribution in [3.05, 3.63) is 121 Å². The smallest absolute Gasteiger partial charge is 0.0963 e. The summed E-state index contributed by atoms with van der Waals surface area (Å²) in [5.41, 5.74) is 9.63. The monoisotopic (exact) mass is 489 g/mol. The summed E-state index contributed by atoms with van der Waals surface area (Å²) in [6, 6.07) is 38.0. The van der Waals surface area contributed by atoms with Crippen LogP contribution in [0.25, 0.3) is 60.6 Å². The highest BCUT2D eigenvalue weighted by Crippen LogP contribution is 2.39. The van der Waals surface area contributed by atoms with E-state index in [-0.39, 0.29) is 0 Å². The molecular formula is C35H27N3. The van der Waals surface area contributed by atoms with Gasteiger partial charge in [0.15, 0.2) is 0 Å². The lowest BCUT2D eigenvalue weighted by Gasteiger charge is -2.22. The van der Waals surface area contributed by atoms with Gasteiger partial charge in [-0.25, -0.2) is 0 Å². The molecule has 1 aliphatic carbocycles. The predicted octanol–water partition coefficient (Wildman–Crippen LogP) is 9.23. The van der Waals surface area contributed by atoms with Gasteiger partial charge in [-0.15, -0.1) is 0 Å². The Hall–Kier alpha value is -4.63. The summed E-state index contributed by atoms with van der Waals surface area (Å²) in [6.45, 7) is 0. The Balaban J connectivity index is 1.33. The second-order valence-corrected chi connectivity index (χ2v) is 10.3. The molecule has 3 nitrogen and oxygen atoms in total. The van der Waals surface area contributed by atoms with Gasteiger partial charge < -0.3 is 9.13 Å². The van der Waals surface area contributed by atoms with E-state index in [0.717, 1.165) is 29.6 Å². The van der Waals surface area contributed by atoms with Gasteiger partial charge in [0.1, 0.15) is 0 Å². The van der Waals surface area contributed by atoms with E-state index in [4.69, 9.17) is 4.98 Å². The van der Waals surface area contributed by atoms with Crippen LogP contribution in [0, 0.1) is 0 Å². The van der Waals surface area contributed by atoms with Gasteiger partial charge in [-0.2, -0.15) is 0 Å². The Morgan fingerprint density at radius 3 is 2.18 bits per heavy atom. The van der Waals surface area contributed by atoms with E-state index in [2.05, 4.69) is 118 Å². The third-order valence-corrected chi connectivity index (χ3v) is 8.18. The second-order valence-electron chi connectivity index (χ2n) is 10.3. The molecule has 1 atom stereocenters. The number of aromatic nitrogens is 3. The Morgan fingerprint density at radius 2 is 1.34 bits per heavy atom. The zero-order valence-electron chi connectivity index (χ0n) is 21.1. The van der Waals surface area contributed by atoms with Crippen molar-refractivity contribution < 1.29 is 0 Å². The second kappa shape index (κ2) is 8.46. The van der Waals surface area contributed by atoms with Gasteiger partial charge in [-0.3, -0.25) is 4.98 Å². The van der Waals surface area contributed by atoms with Crippen molar-refractivity contribution >= 4 is 43.7 Å². The fourth-order valence-corrected chi connectivity index (χ4v) is 6.46. The molecule has 182 valence electrons. The number of pyridine rings is 1. The SMILES string of the molecule is C1=CCC(n2c3ccccc3c3cc(-c4ccc5c(c4)c4ncccc4n5-c4ccccc4)ccc32)CC1. The van der Waals surface area contributed by atoms with Crippen LogP contribution in [0.15, 0.2) is 121 Å². The normalized spacial score (nSPS) is 15.7. The largest absolute Gasteiger partial charge is 0.337 e. The lowest BCUT2D eigenvalue weighted by molar-refractivity contribution is 0.485. The van der Waals surface area contributed by atoms with E-state index in [1.165, 1.54) is 50.3 Å². The summed E-state index contributed by atoms with van der Waals surface area (Å²) in [5, 5.41) is 3.85. The summed E-state index contributed by atoms with van der Waals surface area (Å²) in [7, 11) is 0. The number of hydrogen-bond donors (Lipinski definition) is 0. The topological polar surface area (TPSA) is 22.8 Å². The lowest BCUT2D eigenvalue weighted by Crippen LogP contribution is -2.09. The molecule has 0 spiro atoms. The first-order valence-electron chi connectivity index (χ1n) is 13.5. The van der Waals surface area contributed by atoms with Gasteiger partial charge in [0, 0.05) is 45.1 Å². The van der Waals surface area contributed by atoms with Crippen LogP contribution in [0.5, 0.6) is 0 Å². The molecule has 7 aromatic rings. The molecule has 0 bridgehead atoms. The van der Waals surface area contributed by atoms with Crippen molar-refractivity contribution in [2.24, 2.45) is 0 Å². The van der Waals surface area contributed by atoms with Crippen molar-refractivity contribution in [3.8, 4) is 16.8 Å². The van der Waals surface area contributed by atoms with Crippen LogP contribution in [-0.4, -0.2) is 14.1 Å². The first-order chi connectivity index (χ1) is 18.9. The number of para-hydroxylation sites is 2. The Kier molecular flexibility index (Phi) is 4.78. The lowest BCUT2D eigenvalue weighted by atomic mass is 10.0. The minimum atomic E-state index is 0.514. The highest BCUT2D eigenvalue weighted by atomic mass is 15.0. The van der Waals surface area contributed by atoms with Crippen LogP contribution in [0.2, 0.25) is 0 Å². The summed E-state index contributed by atoms with van der Waals surface area (Å²) in [4.78, 5) is 4.81. The van der Waals surface area contributed by atoms with Gasteiger partial charge in [0.25, 0.3) is 0 Å². The Morgan fingerprint density at radius 1 is 0.605 bits per heavy atom. The molecule has 0 radical (unpaired) electrons. The van der Waals surface area contributed by atoms with Crippen molar-refractivity contribution in [2.75, 3.05) is 0 Å². The van der Waals surface area contributed by atoms with E-state index >= 15 is 0 Å². The van der Waals surface area contributed by atoms with E-state index in [9.17, 15) is 0 Å². The Labute approximate surface area is 221 Å². The third-order valence-electron chi connectivity index (χ3n) is 8.18. The Bertz CT molecular complexity index is 2010. The zero-order valence-corrected chi connectivity index (χ0v) is 21.1. The number of nitrogens with zero attached hydrogens (tertiary/aromatic N) is 3. The first-order valence-corrected chi connectivity index (χ1v) is 13.5. The zero-order chi connectivity index (χ0) is 25.1. The third kappa shape index (κ3) is 3.18. The van der Waals surface area contributed by atoms with Gasteiger partial charge in [0.05, 0.1) is 16.6 Å². The minimum absolute atomic E-state index is 0.514. The summed E-state index contributed by atoms with van der Waals surface area (Å²) < 4.78 is 4.90. The highest BCUT2D eigenvalue weighted by Gasteiger charge is 2.20. The van der Waals surface area contributed by atoms with Crippen molar-refractivity contribution in [1.82, 2.24) is 14.1 Å². The molecule has 0 amide bonds. The molecule has 3 heterocycles. The molecule has 1 aliphatic rings. The van der Waals surface area contributed by atoms with Gasteiger partial charge in [0.2, 0.25) is 0 Å². The number of benzene rings is 4. The van der Waals surface area contributed by atoms with Crippen LogP contribution in [0.3, 0.4) is 0 Å². The molecule has 0 aliphatic heterocycles. The molecule has 0 N–H and O–H groups in total. The van der Waals surface area contributed by atoms with Gasteiger partial charge in [-0.05, 0) is 85.0 Å². The minimum Gasteiger partial charge on any atom is -0.337 e. The average molecular weight is 490 g/mol. The van der Waals surface area contributed by atoms with E-state index in [1.807, 2.05) is 12.3 Å². The quantitative estimate of drug-likeness (QED) is 0.227. The maximum absolute atomic E-state index is 4.81. The van der Waals surface area contributed by atoms with E-state index < -0.39 is 0 Å². The number of hydrogen-bond acceptors (Lipinski definition) is 1. The number of rotatable bonds is 3.